The van der Waals surface area contributed by atoms with E-state index >= 15 is 0 Å². The van der Waals surface area contributed by atoms with Gasteiger partial charge in [0.05, 0.1) is 6.61 Å². The van der Waals surface area contributed by atoms with E-state index in [2.05, 4.69) is 32.5 Å². The van der Waals surface area contributed by atoms with Gasteiger partial charge in [0.1, 0.15) is 17.8 Å². The van der Waals surface area contributed by atoms with Crippen molar-refractivity contribution in [1.82, 2.24) is 15.0 Å². The van der Waals surface area contributed by atoms with Gasteiger partial charge in [0.2, 0.25) is 0 Å². The number of hydrogen-bond donors (Lipinski definition) is 3. The first kappa shape index (κ1) is 17.5. The van der Waals surface area contributed by atoms with Gasteiger partial charge >= 0.3 is 0 Å². The molecule has 0 atom stereocenters. The molecule has 3 aromatic rings. The minimum Gasteiger partial charge on any atom is -0.494 e. The first-order valence-electron chi connectivity index (χ1n) is 8.53. The van der Waals surface area contributed by atoms with Crippen LogP contribution in [0.5, 0.6) is 5.75 Å². The number of nitrogens with two attached hydrogens (primary N) is 1. The Bertz CT molecular complexity index is 823. The molecule has 1 aromatic carbocycles. The van der Waals surface area contributed by atoms with Crippen molar-refractivity contribution in [3.63, 3.8) is 0 Å². The summed E-state index contributed by atoms with van der Waals surface area (Å²) < 4.78 is 5.67. The van der Waals surface area contributed by atoms with Crippen molar-refractivity contribution >= 4 is 28.7 Å². The highest BCUT2D eigenvalue weighted by Crippen LogP contribution is 2.28. The van der Waals surface area contributed by atoms with Gasteiger partial charge in [-0.25, -0.2) is 9.97 Å². The summed E-state index contributed by atoms with van der Waals surface area (Å²) in [6.45, 7) is 2.87. The molecule has 0 saturated heterocycles. The first-order valence-corrected chi connectivity index (χ1v) is 8.53. The van der Waals surface area contributed by atoms with Crippen LogP contribution in [0.3, 0.4) is 0 Å². The van der Waals surface area contributed by atoms with Crippen molar-refractivity contribution in [2.75, 3.05) is 23.0 Å². The minimum atomic E-state index is 0.438. The van der Waals surface area contributed by atoms with Gasteiger partial charge in [0.25, 0.3) is 0 Å². The summed E-state index contributed by atoms with van der Waals surface area (Å²) in [7, 11) is 0. The van der Waals surface area contributed by atoms with E-state index in [9.17, 15) is 0 Å². The molecular formula is C19H22N6O. The van der Waals surface area contributed by atoms with Gasteiger partial charge in [-0.15, -0.1) is 0 Å². The fourth-order valence-corrected chi connectivity index (χ4v) is 2.27. The molecule has 7 heteroatoms. The second-order valence-corrected chi connectivity index (χ2v) is 5.70. The number of ether oxygens (including phenoxy) is 1. The smallest absolute Gasteiger partial charge is 0.159 e. The van der Waals surface area contributed by atoms with Crippen LogP contribution in [0.4, 0.5) is 28.7 Å². The summed E-state index contributed by atoms with van der Waals surface area (Å²) in [4.78, 5) is 12.4. The Morgan fingerprint density at radius 1 is 0.923 bits per heavy atom. The summed E-state index contributed by atoms with van der Waals surface area (Å²) in [5, 5.41) is 6.37. The number of pyridine rings is 1. The maximum Gasteiger partial charge on any atom is 0.159 e. The van der Waals surface area contributed by atoms with Crippen LogP contribution in [0.25, 0.3) is 0 Å². The van der Waals surface area contributed by atoms with Crippen LogP contribution in [0.15, 0.2) is 55.1 Å². The molecule has 134 valence electrons. The van der Waals surface area contributed by atoms with E-state index in [0.29, 0.717) is 17.3 Å². The second kappa shape index (κ2) is 8.66. The van der Waals surface area contributed by atoms with Crippen molar-refractivity contribution < 1.29 is 4.74 Å². The SMILES string of the molecule is CCCCOc1ccc(Nc2ncnc(Nc3ccncc3)c2N)cc1. The molecule has 3 rings (SSSR count). The third-order valence-corrected chi connectivity index (χ3v) is 3.71. The largest absolute Gasteiger partial charge is 0.494 e. The number of unbranched alkanes of at least 4 members (excludes halogenated alkanes) is 1. The Labute approximate surface area is 152 Å². The number of benzene rings is 1. The quantitative estimate of drug-likeness (QED) is 0.526. The van der Waals surface area contributed by atoms with Crippen LogP contribution in [0.2, 0.25) is 0 Å². The van der Waals surface area contributed by atoms with Gasteiger partial charge in [-0.05, 0) is 42.8 Å². The van der Waals surface area contributed by atoms with Crippen molar-refractivity contribution in [3.05, 3.63) is 55.1 Å². The lowest BCUT2D eigenvalue weighted by molar-refractivity contribution is 0.309. The number of nitrogen functional groups attached to an aromatic ring is 1. The zero-order chi connectivity index (χ0) is 18.2. The lowest BCUT2D eigenvalue weighted by Gasteiger charge is -2.13. The van der Waals surface area contributed by atoms with E-state index < -0.39 is 0 Å². The number of rotatable bonds is 8. The summed E-state index contributed by atoms with van der Waals surface area (Å²) in [6.07, 6.45) is 7.02. The molecule has 0 unspecified atom stereocenters. The lowest BCUT2D eigenvalue weighted by Crippen LogP contribution is -2.05. The van der Waals surface area contributed by atoms with Gasteiger partial charge < -0.3 is 21.1 Å². The number of hydrogen-bond acceptors (Lipinski definition) is 7. The monoisotopic (exact) mass is 350 g/mol. The third kappa shape index (κ3) is 4.60. The zero-order valence-corrected chi connectivity index (χ0v) is 14.6. The van der Waals surface area contributed by atoms with Crippen molar-refractivity contribution in [3.8, 4) is 5.75 Å². The molecule has 0 radical (unpaired) electrons. The Morgan fingerprint density at radius 2 is 1.54 bits per heavy atom. The predicted octanol–water partition coefficient (Wildman–Crippen LogP) is 4.12. The van der Waals surface area contributed by atoms with Gasteiger partial charge in [0.15, 0.2) is 11.6 Å². The molecule has 0 fully saturated rings. The van der Waals surface area contributed by atoms with E-state index in [1.807, 2.05) is 36.4 Å². The van der Waals surface area contributed by atoms with Gasteiger partial charge in [-0.2, -0.15) is 0 Å². The van der Waals surface area contributed by atoms with E-state index in [4.69, 9.17) is 10.5 Å². The van der Waals surface area contributed by atoms with Crippen molar-refractivity contribution in [1.29, 1.82) is 0 Å². The normalized spacial score (nSPS) is 10.3. The number of nitrogens with one attached hydrogen (secondary N) is 2. The van der Waals surface area contributed by atoms with E-state index in [0.717, 1.165) is 36.6 Å². The summed E-state index contributed by atoms with van der Waals surface area (Å²) in [5.74, 6) is 1.92. The van der Waals surface area contributed by atoms with Crippen LogP contribution in [0.1, 0.15) is 19.8 Å². The first-order chi connectivity index (χ1) is 12.8. The molecule has 0 amide bonds. The lowest BCUT2D eigenvalue weighted by atomic mass is 10.3. The average Bonchev–Trinajstić information content (AvgIpc) is 2.67. The molecule has 0 saturated carbocycles. The Kier molecular flexibility index (Phi) is 5.82. The molecule has 0 aliphatic carbocycles. The molecule has 0 aliphatic rings. The second-order valence-electron chi connectivity index (χ2n) is 5.70. The summed E-state index contributed by atoms with van der Waals surface area (Å²) in [6, 6.07) is 11.4. The Morgan fingerprint density at radius 3 is 2.15 bits per heavy atom. The minimum absolute atomic E-state index is 0.438. The molecule has 0 bridgehead atoms. The number of anilines is 5. The average molecular weight is 350 g/mol. The van der Waals surface area contributed by atoms with Crippen molar-refractivity contribution in [2.45, 2.75) is 19.8 Å². The maximum absolute atomic E-state index is 6.20. The van der Waals surface area contributed by atoms with Gasteiger partial charge in [-0.1, -0.05) is 13.3 Å². The molecule has 7 nitrogen and oxygen atoms in total. The molecule has 4 N–H and O–H groups in total. The van der Waals surface area contributed by atoms with E-state index in [1.165, 1.54) is 6.33 Å². The van der Waals surface area contributed by atoms with Crippen LogP contribution >= 0.6 is 0 Å². The summed E-state index contributed by atoms with van der Waals surface area (Å²) in [5.41, 5.74) is 8.36. The highest BCUT2D eigenvalue weighted by Gasteiger charge is 2.09. The predicted molar refractivity (Wildman–Crippen MR) is 104 cm³/mol. The standard InChI is InChI=1S/C19H22N6O/c1-2-3-12-26-16-6-4-14(5-7-16)24-18-17(20)19(23-13-22-18)25-15-8-10-21-11-9-15/h4-11,13H,2-3,12,20H2,1H3,(H2,21,22,23,24,25). The fourth-order valence-electron chi connectivity index (χ4n) is 2.27. The van der Waals surface area contributed by atoms with E-state index in [-0.39, 0.29) is 0 Å². The van der Waals surface area contributed by atoms with Crippen molar-refractivity contribution in [2.24, 2.45) is 0 Å². The molecule has 2 heterocycles. The Hall–Kier alpha value is -3.35. The number of aromatic nitrogens is 3. The molecular weight excluding hydrogens is 328 g/mol. The Balaban J connectivity index is 1.69. The number of nitrogens with zero attached hydrogens (tertiary/aromatic N) is 3. The van der Waals surface area contributed by atoms with Gasteiger partial charge in [-0.3, -0.25) is 4.98 Å². The molecule has 2 aromatic heterocycles. The molecule has 0 aliphatic heterocycles. The highest BCUT2D eigenvalue weighted by atomic mass is 16.5. The zero-order valence-electron chi connectivity index (χ0n) is 14.6. The molecule has 26 heavy (non-hydrogen) atoms. The third-order valence-electron chi connectivity index (χ3n) is 3.71. The van der Waals surface area contributed by atoms with Crippen LogP contribution < -0.4 is 21.1 Å². The topological polar surface area (TPSA) is 98.0 Å². The van der Waals surface area contributed by atoms with Gasteiger partial charge in [0, 0.05) is 23.8 Å². The highest BCUT2D eigenvalue weighted by molar-refractivity contribution is 5.80. The van der Waals surface area contributed by atoms with E-state index in [1.54, 1.807) is 12.4 Å². The molecule has 0 spiro atoms. The van der Waals surface area contributed by atoms with Crippen LogP contribution in [-0.4, -0.2) is 21.6 Å². The summed E-state index contributed by atoms with van der Waals surface area (Å²) >= 11 is 0. The maximum atomic E-state index is 6.20. The van der Waals surface area contributed by atoms with Crippen LogP contribution in [-0.2, 0) is 0 Å². The fraction of sp³-hybridized carbons (Fsp3) is 0.211. The van der Waals surface area contributed by atoms with Crippen LogP contribution in [0, 0.1) is 0 Å².